The number of rotatable bonds is 7. The third kappa shape index (κ3) is 7.65. The number of aliphatic imine (C=N–C) groups is 1. The zero-order chi connectivity index (χ0) is 18.9. The van der Waals surface area contributed by atoms with Crippen LogP contribution in [0.25, 0.3) is 0 Å². The van der Waals surface area contributed by atoms with Gasteiger partial charge in [-0.05, 0) is 37.0 Å². The molecule has 1 aliphatic rings. The van der Waals surface area contributed by atoms with Crippen LogP contribution in [-0.4, -0.2) is 41.4 Å². The van der Waals surface area contributed by atoms with Crippen LogP contribution in [0.2, 0.25) is 0 Å². The Bertz CT molecular complexity index is 645. The molecule has 1 aromatic rings. The van der Waals surface area contributed by atoms with E-state index in [-0.39, 0.29) is 47.7 Å². The Balaban J connectivity index is 0.00000364. The van der Waals surface area contributed by atoms with Gasteiger partial charge in [-0.2, -0.15) is 0 Å². The number of nitrogens with one attached hydrogen (secondary N) is 2. The highest BCUT2D eigenvalue weighted by atomic mass is 127. The Morgan fingerprint density at radius 2 is 2.19 bits per heavy atom. The predicted molar refractivity (Wildman–Crippen MR) is 121 cm³/mol. The molecule has 3 atom stereocenters. The fraction of sp³-hybridized carbons (Fsp3) is 0.632. The van der Waals surface area contributed by atoms with Crippen LogP contribution in [0.4, 0.5) is 4.39 Å². The second kappa shape index (κ2) is 12.7. The van der Waals surface area contributed by atoms with Crippen LogP contribution in [0, 0.1) is 5.82 Å². The van der Waals surface area contributed by atoms with Crippen LogP contribution < -0.4 is 10.6 Å². The van der Waals surface area contributed by atoms with Gasteiger partial charge >= 0.3 is 0 Å². The van der Waals surface area contributed by atoms with Crippen LogP contribution in [0.1, 0.15) is 43.7 Å². The van der Waals surface area contributed by atoms with Crippen LogP contribution in [0.3, 0.4) is 0 Å². The second-order valence-electron chi connectivity index (χ2n) is 6.58. The molecule has 2 N–H and O–H groups in total. The first-order valence-electron chi connectivity index (χ1n) is 9.18. The van der Waals surface area contributed by atoms with Crippen molar-refractivity contribution in [3.8, 4) is 0 Å². The summed E-state index contributed by atoms with van der Waals surface area (Å²) < 4.78 is 30.8. The maximum atomic E-state index is 13.7. The summed E-state index contributed by atoms with van der Waals surface area (Å²) in [5.41, 5.74) is 1.52. The molecule has 1 saturated carbocycles. The van der Waals surface area contributed by atoms with E-state index in [0.29, 0.717) is 12.1 Å². The highest BCUT2D eigenvalue weighted by Crippen LogP contribution is 2.23. The van der Waals surface area contributed by atoms with E-state index in [4.69, 9.17) is 4.74 Å². The van der Waals surface area contributed by atoms with Gasteiger partial charge in [0.15, 0.2) is 5.96 Å². The van der Waals surface area contributed by atoms with Crippen molar-refractivity contribution in [1.29, 1.82) is 0 Å². The molecule has 1 aromatic carbocycles. The van der Waals surface area contributed by atoms with Crippen molar-refractivity contribution in [2.75, 3.05) is 19.9 Å². The molecule has 1 aliphatic carbocycles. The molecule has 3 unspecified atom stereocenters. The molecule has 0 heterocycles. The van der Waals surface area contributed by atoms with Crippen molar-refractivity contribution in [3.05, 3.63) is 35.1 Å². The van der Waals surface area contributed by atoms with Gasteiger partial charge in [0.1, 0.15) is 5.82 Å². The average Bonchev–Trinajstić information content (AvgIpc) is 2.67. The molecule has 8 heteroatoms. The largest absolute Gasteiger partial charge is 0.380 e. The first-order valence-corrected chi connectivity index (χ1v) is 10.6. The average molecular weight is 511 g/mol. The summed E-state index contributed by atoms with van der Waals surface area (Å²) in [6.45, 7) is 2.78. The van der Waals surface area contributed by atoms with E-state index < -0.39 is 10.8 Å². The van der Waals surface area contributed by atoms with E-state index in [1.807, 2.05) is 6.92 Å². The molecule has 0 amide bonds. The number of guanidine groups is 1. The lowest BCUT2D eigenvalue weighted by Gasteiger charge is -2.30. The lowest BCUT2D eigenvalue weighted by Crippen LogP contribution is -2.46. The van der Waals surface area contributed by atoms with Crippen LogP contribution in [-0.2, 0) is 28.7 Å². The van der Waals surface area contributed by atoms with Gasteiger partial charge in [-0.3, -0.25) is 9.20 Å². The SMILES string of the molecule is CCS(=O)C1CCCC(NC(=NC)NCc2ccc(F)c(COC)c2)C1.I. The summed E-state index contributed by atoms with van der Waals surface area (Å²) >= 11 is 0. The number of benzene rings is 1. The first-order chi connectivity index (χ1) is 12.6. The van der Waals surface area contributed by atoms with Crippen LogP contribution in [0.15, 0.2) is 23.2 Å². The summed E-state index contributed by atoms with van der Waals surface area (Å²) in [4.78, 5) is 4.28. The van der Waals surface area contributed by atoms with E-state index in [2.05, 4.69) is 15.6 Å². The minimum absolute atomic E-state index is 0. The third-order valence-corrected chi connectivity index (χ3v) is 6.46. The summed E-state index contributed by atoms with van der Waals surface area (Å²) in [6.07, 6.45) is 4.11. The number of methoxy groups -OCH3 is 1. The molecule has 27 heavy (non-hydrogen) atoms. The molecule has 0 aromatic heterocycles. The van der Waals surface area contributed by atoms with Crippen molar-refractivity contribution in [3.63, 3.8) is 0 Å². The number of ether oxygens (including phenoxy) is 1. The quantitative estimate of drug-likeness (QED) is 0.335. The van der Waals surface area contributed by atoms with Crippen molar-refractivity contribution in [2.24, 2.45) is 4.99 Å². The summed E-state index contributed by atoms with van der Waals surface area (Å²) in [6, 6.07) is 5.32. The number of hydrogen-bond donors (Lipinski definition) is 2. The van der Waals surface area contributed by atoms with Gasteiger partial charge < -0.3 is 15.4 Å². The smallest absolute Gasteiger partial charge is 0.191 e. The molecule has 0 bridgehead atoms. The van der Waals surface area contributed by atoms with Crippen molar-refractivity contribution < 1.29 is 13.3 Å². The lowest BCUT2D eigenvalue weighted by molar-refractivity contribution is 0.181. The Morgan fingerprint density at radius 1 is 1.41 bits per heavy atom. The molecule has 0 saturated heterocycles. The van der Waals surface area contributed by atoms with Gasteiger partial charge in [0.2, 0.25) is 0 Å². The van der Waals surface area contributed by atoms with E-state index in [1.165, 1.54) is 6.07 Å². The topological polar surface area (TPSA) is 62.7 Å². The maximum Gasteiger partial charge on any atom is 0.191 e. The van der Waals surface area contributed by atoms with Gasteiger partial charge in [0.05, 0.1) is 6.61 Å². The lowest BCUT2D eigenvalue weighted by atomic mass is 9.95. The standard InChI is InChI=1S/C19H30FN3O2S.HI/c1-4-26(24)17-7-5-6-16(11-17)23-19(21-2)22-12-14-8-9-18(20)15(10-14)13-25-3;/h8-10,16-17H,4-7,11-13H2,1-3H3,(H2,21,22,23);1H. The summed E-state index contributed by atoms with van der Waals surface area (Å²) in [5, 5.41) is 7.00. The van der Waals surface area contributed by atoms with Gasteiger partial charge in [0.25, 0.3) is 0 Å². The van der Waals surface area contributed by atoms with Crippen LogP contribution >= 0.6 is 24.0 Å². The Labute approximate surface area is 181 Å². The maximum absolute atomic E-state index is 13.7. The van der Waals surface area contributed by atoms with Gasteiger partial charge in [-0.1, -0.05) is 19.4 Å². The predicted octanol–water partition coefficient (Wildman–Crippen LogP) is 3.33. The molecular weight excluding hydrogens is 480 g/mol. The molecule has 2 rings (SSSR count). The molecule has 1 fully saturated rings. The normalized spacial score (nSPS) is 21.3. The highest BCUT2D eigenvalue weighted by Gasteiger charge is 2.26. The monoisotopic (exact) mass is 511 g/mol. The highest BCUT2D eigenvalue weighted by molar-refractivity contribution is 14.0. The number of nitrogens with zero attached hydrogens (tertiary/aromatic N) is 1. The van der Waals surface area contributed by atoms with Crippen molar-refractivity contribution >= 4 is 40.7 Å². The zero-order valence-corrected chi connectivity index (χ0v) is 19.4. The van der Waals surface area contributed by atoms with Crippen LogP contribution in [0.5, 0.6) is 0 Å². The third-order valence-electron chi connectivity index (χ3n) is 4.72. The minimum atomic E-state index is -0.739. The molecular formula is C19H31FIN3O2S. The first kappa shape index (κ1) is 24.3. The van der Waals surface area contributed by atoms with Gasteiger partial charge in [0, 0.05) is 54.1 Å². The minimum Gasteiger partial charge on any atom is -0.380 e. The summed E-state index contributed by atoms with van der Waals surface area (Å²) in [5.74, 6) is 1.18. The number of hydrogen-bond acceptors (Lipinski definition) is 3. The van der Waals surface area contributed by atoms with E-state index >= 15 is 0 Å². The fourth-order valence-corrected chi connectivity index (χ4v) is 4.68. The Hall–Kier alpha value is -0.740. The molecule has 0 spiro atoms. The van der Waals surface area contributed by atoms with E-state index in [1.54, 1.807) is 26.3 Å². The number of halogens is 2. The summed E-state index contributed by atoms with van der Waals surface area (Å²) in [7, 11) is 2.55. The zero-order valence-electron chi connectivity index (χ0n) is 16.3. The fourth-order valence-electron chi connectivity index (χ4n) is 3.33. The van der Waals surface area contributed by atoms with E-state index in [9.17, 15) is 8.60 Å². The second-order valence-corrected chi connectivity index (χ2v) is 8.59. The molecule has 0 radical (unpaired) electrons. The molecule has 5 nitrogen and oxygen atoms in total. The molecule has 0 aliphatic heterocycles. The van der Waals surface area contributed by atoms with Crippen molar-refractivity contribution in [2.45, 2.75) is 57.1 Å². The Morgan fingerprint density at radius 3 is 2.85 bits per heavy atom. The van der Waals surface area contributed by atoms with Crippen molar-refractivity contribution in [1.82, 2.24) is 10.6 Å². The van der Waals surface area contributed by atoms with Gasteiger partial charge in [-0.15, -0.1) is 24.0 Å². The van der Waals surface area contributed by atoms with Gasteiger partial charge in [-0.25, -0.2) is 4.39 Å². The molecule has 154 valence electrons. The van der Waals surface area contributed by atoms with E-state index in [0.717, 1.165) is 43.0 Å². The Kier molecular flexibility index (Phi) is 11.4.